The molecule has 0 radical (unpaired) electrons. The van der Waals surface area contributed by atoms with Gasteiger partial charge in [0, 0.05) is 6.04 Å². The molecule has 0 aromatic carbocycles. The molecule has 0 saturated heterocycles. The molecule has 1 saturated carbocycles. The van der Waals surface area contributed by atoms with E-state index in [0.717, 1.165) is 6.42 Å². The van der Waals surface area contributed by atoms with Gasteiger partial charge in [-0.3, -0.25) is 9.69 Å². The predicted molar refractivity (Wildman–Crippen MR) is 60.7 cm³/mol. The van der Waals surface area contributed by atoms with Crippen LogP contribution in [0.25, 0.3) is 0 Å². The molecule has 1 unspecified atom stereocenters. The van der Waals surface area contributed by atoms with E-state index in [1.807, 2.05) is 13.8 Å². The molecule has 15 heavy (non-hydrogen) atoms. The number of ether oxygens (including phenoxy) is 1. The molecule has 0 spiro atoms. The minimum absolute atomic E-state index is 0.0481. The van der Waals surface area contributed by atoms with Crippen molar-refractivity contribution in [1.82, 2.24) is 4.90 Å². The summed E-state index contributed by atoms with van der Waals surface area (Å²) in [6.07, 6.45) is 5.90. The van der Waals surface area contributed by atoms with Gasteiger partial charge in [-0.05, 0) is 33.2 Å². The number of rotatable bonds is 5. The maximum Gasteiger partial charge on any atom is 0.323 e. The normalized spacial score (nSPS) is 19.5. The summed E-state index contributed by atoms with van der Waals surface area (Å²) >= 11 is 0. The summed E-state index contributed by atoms with van der Waals surface area (Å²) in [6.45, 7) is 4.39. The standard InChI is InChI=1S/C12H23NO2/c1-4-11(12(14)15-5-2)13(3)10-8-6-7-9-10/h10-11H,4-9H2,1-3H3. The number of carbonyl (C=O) groups is 1. The molecule has 0 aromatic heterocycles. The van der Waals surface area contributed by atoms with E-state index in [4.69, 9.17) is 4.74 Å². The molecule has 1 aliphatic rings. The molecule has 3 heteroatoms. The van der Waals surface area contributed by atoms with E-state index in [1.165, 1.54) is 25.7 Å². The Morgan fingerprint density at radius 3 is 2.47 bits per heavy atom. The van der Waals surface area contributed by atoms with Crippen molar-refractivity contribution in [2.75, 3.05) is 13.7 Å². The van der Waals surface area contributed by atoms with Crippen molar-refractivity contribution >= 4 is 5.97 Å². The fourth-order valence-corrected chi connectivity index (χ4v) is 2.43. The minimum atomic E-state index is -0.0607. The second-order valence-corrected chi connectivity index (χ2v) is 4.28. The van der Waals surface area contributed by atoms with E-state index in [-0.39, 0.29) is 12.0 Å². The van der Waals surface area contributed by atoms with Gasteiger partial charge in [-0.1, -0.05) is 19.8 Å². The molecule has 3 nitrogen and oxygen atoms in total. The summed E-state index contributed by atoms with van der Waals surface area (Å²) in [7, 11) is 2.06. The third-order valence-corrected chi connectivity index (χ3v) is 3.34. The molecule has 0 aliphatic heterocycles. The summed E-state index contributed by atoms with van der Waals surface area (Å²) in [4.78, 5) is 13.9. The Morgan fingerprint density at radius 1 is 1.40 bits per heavy atom. The first-order valence-corrected chi connectivity index (χ1v) is 6.09. The predicted octanol–water partition coefficient (Wildman–Crippen LogP) is 2.20. The van der Waals surface area contributed by atoms with Crippen molar-refractivity contribution in [3.63, 3.8) is 0 Å². The molecule has 0 amide bonds. The van der Waals surface area contributed by atoms with Crippen molar-refractivity contribution in [3.8, 4) is 0 Å². The molecule has 0 heterocycles. The van der Waals surface area contributed by atoms with Crippen LogP contribution in [0.5, 0.6) is 0 Å². The number of hydrogen-bond acceptors (Lipinski definition) is 3. The summed E-state index contributed by atoms with van der Waals surface area (Å²) in [5, 5.41) is 0. The molecule has 0 N–H and O–H groups in total. The van der Waals surface area contributed by atoms with Gasteiger partial charge in [0.1, 0.15) is 6.04 Å². The quantitative estimate of drug-likeness (QED) is 0.656. The second-order valence-electron chi connectivity index (χ2n) is 4.28. The molecule has 1 atom stereocenters. The Hall–Kier alpha value is -0.570. The Bertz CT molecular complexity index is 200. The summed E-state index contributed by atoms with van der Waals surface area (Å²) in [5.41, 5.74) is 0. The molecule has 0 aromatic rings. The van der Waals surface area contributed by atoms with Crippen LogP contribution in [0.1, 0.15) is 46.0 Å². The van der Waals surface area contributed by atoms with Gasteiger partial charge in [-0.15, -0.1) is 0 Å². The maximum absolute atomic E-state index is 11.7. The van der Waals surface area contributed by atoms with Gasteiger partial charge in [0.2, 0.25) is 0 Å². The first-order valence-electron chi connectivity index (χ1n) is 6.09. The Kier molecular flexibility index (Phi) is 5.09. The Labute approximate surface area is 92.8 Å². The van der Waals surface area contributed by atoms with Crippen LogP contribution >= 0.6 is 0 Å². The molecule has 88 valence electrons. The molecule has 1 rings (SSSR count). The molecular weight excluding hydrogens is 190 g/mol. The number of carbonyl (C=O) groups excluding carboxylic acids is 1. The van der Waals surface area contributed by atoms with Crippen molar-refractivity contribution in [3.05, 3.63) is 0 Å². The van der Waals surface area contributed by atoms with Crippen LogP contribution in [0, 0.1) is 0 Å². The topological polar surface area (TPSA) is 29.5 Å². The van der Waals surface area contributed by atoms with Crippen LogP contribution < -0.4 is 0 Å². The lowest BCUT2D eigenvalue weighted by atomic mass is 10.1. The lowest BCUT2D eigenvalue weighted by Crippen LogP contribution is -2.44. The van der Waals surface area contributed by atoms with Crippen molar-refractivity contribution < 1.29 is 9.53 Å². The Balaban J connectivity index is 2.52. The van der Waals surface area contributed by atoms with Gasteiger partial charge in [-0.2, -0.15) is 0 Å². The summed E-state index contributed by atoms with van der Waals surface area (Å²) in [5.74, 6) is -0.0607. The van der Waals surface area contributed by atoms with E-state index < -0.39 is 0 Å². The number of esters is 1. The first-order chi connectivity index (χ1) is 7.20. The number of nitrogens with zero attached hydrogens (tertiary/aromatic N) is 1. The average Bonchev–Trinajstić information content (AvgIpc) is 2.71. The van der Waals surface area contributed by atoms with Gasteiger partial charge in [-0.25, -0.2) is 0 Å². The lowest BCUT2D eigenvalue weighted by molar-refractivity contribution is -0.150. The Morgan fingerprint density at radius 2 is 2.00 bits per heavy atom. The molecule has 1 fully saturated rings. The highest BCUT2D eigenvalue weighted by Gasteiger charge is 2.29. The maximum atomic E-state index is 11.7. The van der Waals surface area contributed by atoms with Gasteiger partial charge in [0.15, 0.2) is 0 Å². The van der Waals surface area contributed by atoms with Crippen LogP contribution in [0.4, 0.5) is 0 Å². The molecule has 1 aliphatic carbocycles. The van der Waals surface area contributed by atoms with Crippen LogP contribution in [-0.4, -0.2) is 36.6 Å². The van der Waals surface area contributed by atoms with E-state index >= 15 is 0 Å². The zero-order valence-electron chi connectivity index (χ0n) is 10.2. The van der Waals surface area contributed by atoms with E-state index in [1.54, 1.807) is 0 Å². The van der Waals surface area contributed by atoms with Crippen molar-refractivity contribution in [1.29, 1.82) is 0 Å². The fourth-order valence-electron chi connectivity index (χ4n) is 2.43. The third-order valence-electron chi connectivity index (χ3n) is 3.34. The van der Waals surface area contributed by atoms with E-state index in [0.29, 0.717) is 12.6 Å². The molecular formula is C12H23NO2. The second kappa shape index (κ2) is 6.11. The highest BCUT2D eigenvalue weighted by Crippen LogP contribution is 2.24. The van der Waals surface area contributed by atoms with E-state index in [2.05, 4.69) is 11.9 Å². The summed E-state index contributed by atoms with van der Waals surface area (Å²) < 4.78 is 5.10. The van der Waals surface area contributed by atoms with Crippen LogP contribution in [0.3, 0.4) is 0 Å². The SMILES string of the molecule is CCOC(=O)C(CC)N(C)C1CCCC1. The summed E-state index contributed by atoms with van der Waals surface area (Å²) in [6, 6.07) is 0.535. The van der Waals surface area contributed by atoms with Gasteiger partial charge < -0.3 is 4.74 Å². The zero-order valence-corrected chi connectivity index (χ0v) is 10.2. The van der Waals surface area contributed by atoms with Gasteiger partial charge >= 0.3 is 5.97 Å². The fraction of sp³-hybridized carbons (Fsp3) is 0.917. The lowest BCUT2D eigenvalue weighted by Gasteiger charge is -2.30. The van der Waals surface area contributed by atoms with Crippen LogP contribution in [0.15, 0.2) is 0 Å². The van der Waals surface area contributed by atoms with Crippen molar-refractivity contribution in [2.24, 2.45) is 0 Å². The van der Waals surface area contributed by atoms with Gasteiger partial charge in [0.05, 0.1) is 6.61 Å². The average molecular weight is 213 g/mol. The highest BCUT2D eigenvalue weighted by molar-refractivity contribution is 5.75. The van der Waals surface area contributed by atoms with Crippen LogP contribution in [-0.2, 0) is 9.53 Å². The number of hydrogen-bond donors (Lipinski definition) is 0. The third kappa shape index (κ3) is 3.20. The van der Waals surface area contributed by atoms with Crippen molar-refractivity contribution in [2.45, 2.75) is 58.0 Å². The zero-order chi connectivity index (χ0) is 11.3. The highest BCUT2D eigenvalue weighted by atomic mass is 16.5. The largest absolute Gasteiger partial charge is 0.465 e. The van der Waals surface area contributed by atoms with Gasteiger partial charge in [0.25, 0.3) is 0 Å². The minimum Gasteiger partial charge on any atom is -0.465 e. The van der Waals surface area contributed by atoms with Crippen LogP contribution in [0.2, 0.25) is 0 Å². The first kappa shape index (κ1) is 12.5. The van der Waals surface area contributed by atoms with E-state index in [9.17, 15) is 4.79 Å². The monoisotopic (exact) mass is 213 g/mol. The smallest absolute Gasteiger partial charge is 0.323 e. The number of likely N-dealkylation sites (N-methyl/N-ethyl adjacent to an activating group) is 1. The molecule has 0 bridgehead atoms.